The van der Waals surface area contributed by atoms with Crippen LogP contribution in [-0.4, -0.2) is 9.91 Å². The third-order valence-electron chi connectivity index (χ3n) is 2.29. The van der Waals surface area contributed by atoms with Gasteiger partial charge in [-0.15, -0.1) is 0 Å². The summed E-state index contributed by atoms with van der Waals surface area (Å²) in [5, 5.41) is 10.8. The molecule has 5 nitrogen and oxygen atoms in total. The van der Waals surface area contributed by atoms with Crippen LogP contribution in [-0.2, 0) is 0 Å². The van der Waals surface area contributed by atoms with Gasteiger partial charge in [-0.2, -0.15) is 0 Å². The van der Waals surface area contributed by atoms with Gasteiger partial charge in [0.05, 0.1) is 4.92 Å². The summed E-state index contributed by atoms with van der Waals surface area (Å²) in [6, 6.07) is 8.26. The molecular weight excluding hydrogens is 300 g/mol. The van der Waals surface area contributed by atoms with Gasteiger partial charge >= 0.3 is 5.69 Å². The van der Waals surface area contributed by atoms with E-state index in [0.717, 1.165) is 10.0 Å². The summed E-state index contributed by atoms with van der Waals surface area (Å²) in [7, 11) is 0. The molecule has 0 aliphatic heterocycles. The fourth-order valence-corrected chi connectivity index (χ4v) is 1.91. The lowest BCUT2D eigenvalue weighted by atomic mass is 10.2. The van der Waals surface area contributed by atoms with E-state index in [1.807, 2.05) is 13.0 Å². The van der Waals surface area contributed by atoms with Crippen LogP contribution in [0.1, 0.15) is 5.56 Å². The maximum atomic E-state index is 10.8. The largest absolute Gasteiger partial charge is 0.433 e. The molecular formula is C12H9BrN2O3. The lowest BCUT2D eigenvalue weighted by Crippen LogP contribution is -1.96. The Morgan fingerprint density at radius 2 is 2.17 bits per heavy atom. The number of hydrogen-bond donors (Lipinski definition) is 0. The van der Waals surface area contributed by atoms with Crippen LogP contribution in [0.2, 0.25) is 0 Å². The maximum Gasteiger partial charge on any atom is 0.331 e. The molecule has 1 aromatic carbocycles. The fourth-order valence-electron chi connectivity index (χ4n) is 1.43. The molecule has 92 valence electrons. The molecule has 0 aliphatic rings. The molecule has 0 bridgehead atoms. The van der Waals surface area contributed by atoms with Crippen LogP contribution >= 0.6 is 15.9 Å². The molecule has 0 radical (unpaired) electrons. The minimum Gasteiger partial charge on any atom is -0.433 e. The van der Waals surface area contributed by atoms with Gasteiger partial charge in [-0.25, -0.2) is 4.98 Å². The molecule has 18 heavy (non-hydrogen) atoms. The molecule has 0 atom stereocenters. The van der Waals surface area contributed by atoms with Crippen molar-refractivity contribution in [1.82, 2.24) is 4.98 Å². The minimum absolute atomic E-state index is 0.00655. The number of hydrogen-bond acceptors (Lipinski definition) is 4. The molecule has 0 aliphatic carbocycles. The summed E-state index contributed by atoms with van der Waals surface area (Å²) in [6.07, 6.45) is 1.45. The van der Waals surface area contributed by atoms with Crippen molar-refractivity contribution >= 4 is 21.6 Å². The predicted octanol–water partition coefficient (Wildman–Crippen LogP) is 3.85. The van der Waals surface area contributed by atoms with E-state index in [1.54, 1.807) is 12.1 Å². The van der Waals surface area contributed by atoms with Gasteiger partial charge in [0, 0.05) is 16.7 Å². The monoisotopic (exact) mass is 308 g/mol. The van der Waals surface area contributed by atoms with Crippen molar-refractivity contribution in [3.05, 3.63) is 56.7 Å². The molecule has 0 spiro atoms. The summed E-state index contributed by atoms with van der Waals surface area (Å²) in [6.45, 7) is 1.86. The lowest BCUT2D eigenvalue weighted by Gasteiger charge is -2.07. The second kappa shape index (κ2) is 5.14. The Morgan fingerprint density at radius 1 is 1.39 bits per heavy atom. The zero-order chi connectivity index (χ0) is 13.1. The van der Waals surface area contributed by atoms with Crippen molar-refractivity contribution in [2.75, 3.05) is 0 Å². The Hall–Kier alpha value is -1.95. The average Bonchev–Trinajstić information content (AvgIpc) is 2.33. The first-order valence-electron chi connectivity index (χ1n) is 5.11. The van der Waals surface area contributed by atoms with E-state index in [2.05, 4.69) is 20.9 Å². The fraction of sp³-hybridized carbons (Fsp3) is 0.0833. The van der Waals surface area contributed by atoms with E-state index in [0.29, 0.717) is 5.75 Å². The molecule has 2 rings (SSSR count). The van der Waals surface area contributed by atoms with Crippen LogP contribution < -0.4 is 4.74 Å². The van der Waals surface area contributed by atoms with E-state index in [-0.39, 0.29) is 11.6 Å². The van der Waals surface area contributed by atoms with Crippen LogP contribution in [0, 0.1) is 17.0 Å². The molecule has 0 N–H and O–H groups in total. The van der Waals surface area contributed by atoms with Gasteiger partial charge in [-0.05, 0) is 36.8 Å². The molecule has 0 saturated carbocycles. The van der Waals surface area contributed by atoms with Gasteiger partial charge in [0.15, 0.2) is 0 Å². The van der Waals surface area contributed by atoms with Gasteiger partial charge in [0.1, 0.15) is 5.75 Å². The second-order valence-electron chi connectivity index (χ2n) is 3.60. The van der Waals surface area contributed by atoms with Crippen molar-refractivity contribution in [2.45, 2.75) is 6.92 Å². The van der Waals surface area contributed by atoms with E-state index < -0.39 is 4.92 Å². The van der Waals surface area contributed by atoms with Crippen molar-refractivity contribution in [3.63, 3.8) is 0 Å². The van der Waals surface area contributed by atoms with Gasteiger partial charge in [-0.1, -0.05) is 15.9 Å². The first-order valence-corrected chi connectivity index (χ1v) is 5.90. The highest BCUT2D eigenvalue weighted by Gasteiger charge is 2.17. The Labute approximate surface area is 112 Å². The third kappa shape index (κ3) is 2.65. The standard InChI is InChI=1S/C12H9BrN2O3/c1-8-7-9(13)4-5-11(8)18-12-10(15(16)17)3-2-6-14-12/h2-7H,1H3. The molecule has 0 unspecified atom stereocenters. The van der Waals surface area contributed by atoms with Crippen LogP contribution in [0.3, 0.4) is 0 Å². The Morgan fingerprint density at radius 3 is 2.83 bits per heavy atom. The molecule has 1 aromatic heterocycles. The Bertz CT molecular complexity index is 602. The number of nitro groups is 1. The summed E-state index contributed by atoms with van der Waals surface area (Å²) < 4.78 is 6.40. The smallest absolute Gasteiger partial charge is 0.331 e. The number of aryl methyl sites for hydroxylation is 1. The van der Waals surface area contributed by atoms with Crippen molar-refractivity contribution < 1.29 is 9.66 Å². The minimum atomic E-state index is -0.517. The number of benzene rings is 1. The normalized spacial score (nSPS) is 10.1. The third-order valence-corrected chi connectivity index (χ3v) is 2.78. The molecule has 6 heteroatoms. The number of rotatable bonds is 3. The predicted molar refractivity (Wildman–Crippen MR) is 69.8 cm³/mol. The summed E-state index contributed by atoms with van der Waals surface area (Å²) in [4.78, 5) is 14.2. The summed E-state index contributed by atoms with van der Waals surface area (Å²) >= 11 is 3.34. The Balaban J connectivity index is 2.37. The van der Waals surface area contributed by atoms with E-state index >= 15 is 0 Å². The topological polar surface area (TPSA) is 65.3 Å². The van der Waals surface area contributed by atoms with E-state index in [9.17, 15) is 10.1 Å². The van der Waals surface area contributed by atoms with Gasteiger partial charge < -0.3 is 4.74 Å². The average molecular weight is 309 g/mol. The van der Waals surface area contributed by atoms with Crippen LogP contribution in [0.5, 0.6) is 11.6 Å². The number of nitrogens with zero attached hydrogens (tertiary/aromatic N) is 2. The first kappa shape index (κ1) is 12.5. The first-order chi connectivity index (χ1) is 8.58. The number of aromatic nitrogens is 1. The molecule has 2 aromatic rings. The lowest BCUT2D eigenvalue weighted by molar-refractivity contribution is -0.386. The van der Waals surface area contributed by atoms with E-state index in [1.165, 1.54) is 18.3 Å². The second-order valence-corrected chi connectivity index (χ2v) is 4.51. The van der Waals surface area contributed by atoms with E-state index in [4.69, 9.17) is 4.74 Å². The molecule has 0 saturated heterocycles. The molecule has 0 amide bonds. The van der Waals surface area contributed by atoms with Crippen molar-refractivity contribution in [3.8, 4) is 11.6 Å². The van der Waals surface area contributed by atoms with Crippen molar-refractivity contribution in [2.24, 2.45) is 0 Å². The highest BCUT2D eigenvalue weighted by atomic mass is 79.9. The SMILES string of the molecule is Cc1cc(Br)ccc1Oc1ncccc1[N+](=O)[O-]. The molecule has 0 fully saturated rings. The highest BCUT2D eigenvalue weighted by molar-refractivity contribution is 9.10. The number of ether oxygens (including phenoxy) is 1. The molecule has 1 heterocycles. The summed E-state index contributed by atoms with van der Waals surface area (Å²) in [5.41, 5.74) is 0.712. The Kier molecular flexibility index (Phi) is 3.57. The maximum absolute atomic E-state index is 10.8. The van der Waals surface area contributed by atoms with Gasteiger partial charge in [-0.3, -0.25) is 10.1 Å². The van der Waals surface area contributed by atoms with Gasteiger partial charge in [0.2, 0.25) is 0 Å². The van der Waals surface area contributed by atoms with Crippen LogP contribution in [0.4, 0.5) is 5.69 Å². The number of pyridine rings is 1. The van der Waals surface area contributed by atoms with Crippen LogP contribution in [0.15, 0.2) is 41.0 Å². The van der Waals surface area contributed by atoms with Crippen molar-refractivity contribution in [1.29, 1.82) is 0 Å². The highest BCUT2D eigenvalue weighted by Crippen LogP contribution is 2.31. The quantitative estimate of drug-likeness (QED) is 0.638. The van der Waals surface area contributed by atoms with Crippen LogP contribution in [0.25, 0.3) is 0 Å². The zero-order valence-corrected chi connectivity index (χ0v) is 11.0. The summed E-state index contributed by atoms with van der Waals surface area (Å²) in [5.74, 6) is 0.535. The van der Waals surface area contributed by atoms with Gasteiger partial charge in [0.25, 0.3) is 5.88 Å². The number of halogens is 1. The zero-order valence-electron chi connectivity index (χ0n) is 9.46.